The monoisotopic (exact) mass is 224 g/mol. The fraction of sp³-hybridized carbons (Fsp3) is 0. The first kappa shape index (κ1) is 15.5. The van der Waals surface area contributed by atoms with Crippen molar-refractivity contribution in [2.75, 3.05) is 0 Å². The third-order valence-corrected chi connectivity index (χ3v) is 1.09. The molecule has 46 valence electrons. The van der Waals surface area contributed by atoms with Crippen LogP contribution in [-0.2, 0) is 0 Å². The van der Waals surface area contributed by atoms with Gasteiger partial charge in [-0.3, -0.25) is 0 Å². The van der Waals surface area contributed by atoms with Crippen molar-refractivity contribution in [3.05, 3.63) is 12.3 Å². The van der Waals surface area contributed by atoms with Crippen LogP contribution in [0.5, 0.6) is 0 Å². The number of hydrogen-bond donors (Lipinski definition) is 2. The van der Waals surface area contributed by atoms with E-state index in [1.807, 2.05) is 0 Å². The molecular formula is C4H6K2N2S2. The first-order chi connectivity index (χ1) is 3.79. The van der Waals surface area contributed by atoms with E-state index in [1.165, 1.54) is 0 Å². The topological polar surface area (TPSA) is 25.8 Å². The molecule has 0 aliphatic carbocycles. The molecule has 0 atom stereocenters. The minimum atomic E-state index is 0. The summed E-state index contributed by atoms with van der Waals surface area (Å²) in [4.78, 5) is 7.54. The number of thiol groups is 2. The van der Waals surface area contributed by atoms with Gasteiger partial charge in [0.05, 0.1) is 5.03 Å². The molecule has 0 amide bonds. The fourth-order valence-corrected chi connectivity index (χ4v) is 0.754. The molecule has 1 heterocycles. The van der Waals surface area contributed by atoms with Crippen molar-refractivity contribution < 1.29 is 0 Å². The van der Waals surface area contributed by atoms with E-state index in [1.54, 1.807) is 12.3 Å². The molecule has 0 unspecified atom stereocenters. The Morgan fingerprint density at radius 3 is 2.10 bits per heavy atom. The predicted octanol–water partition coefficient (Wildman–Crippen LogP) is -0.243. The molecule has 1 aromatic rings. The van der Waals surface area contributed by atoms with Crippen LogP contribution < -0.4 is 0 Å². The zero-order valence-electron chi connectivity index (χ0n) is 3.94. The second-order valence-electron chi connectivity index (χ2n) is 1.21. The van der Waals surface area contributed by atoms with Crippen LogP contribution in [0.25, 0.3) is 0 Å². The summed E-state index contributed by atoms with van der Waals surface area (Å²) in [7, 11) is 0. The van der Waals surface area contributed by atoms with Gasteiger partial charge in [0.15, 0.2) is 5.16 Å². The number of aromatic nitrogens is 2. The Morgan fingerprint density at radius 1 is 1.20 bits per heavy atom. The van der Waals surface area contributed by atoms with E-state index in [2.05, 4.69) is 35.2 Å². The van der Waals surface area contributed by atoms with Crippen molar-refractivity contribution in [3.8, 4) is 0 Å². The Balaban J connectivity index is 0. The van der Waals surface area contributed by atoms with Crippen molar-refractivity contribution in [2.24, 2.45) is 0 Å². The van der Waals surface area contributed by atoms with Crippen LogP contribution in [0.15, 0.2) is 22.4 Å². The Morgan fingerprint density at radius 2 is 1.80 bits per heavy atom. The van der Waals surface area contributed by atoms with Crippen LogP contribution in [0.3, 0.4) is 0 Å². The normalized spacial score (nSPS) is 7.40. The van der Waals surface area contributed by atoms with E-state index >= 15 is 0 Å². The average Bonchev–Trinajstić information content (AvgIpc) is 1.64. The molecule has 0 aliphatic heterocycles. The van der Waals surface area contributed by atoms with Crippen molar-refractivity contribution >= 4 is 128 Å². The molecule has 0 N–H and O–H groups in total. The first-order valence-electron chi connectivity index (χ1n) is 2.00. The summed E-state index contributed by atoms with van der Waals surface area (Å²) in [6.07, 6.45) is 1.61. The molecule has 2 nitrogen and oxygen atoms in total. The van der Waals surface area contributed by atoms with Crippen LogP contribution in [-0.4, -0.2) is 113 Å². The van der Waals surface area contributed by atoms with Gasteiger partial charge in [-0.2, -0.15) is 0 Å². The van der Waals surface area contributed by atoms with Gasteiger partial charge in [-0.15, -0.1) is 25.3 Å². The van der Waals surface area contributed by atoms with Gasteiger partial charge in [-0.1, -0.05) is 0 Å². The molecule has 0 radical (unpaired) electrons. The van der Waals surface area contributed by atoms with Crippen molar-refractivity contribution in [3.63, 3.8) is 0 Å². The van der Waals surface area contributed by atoms with E-state index in [9.17, 15) is 0 Å². The zero-order valence-corrected chi connectivity index (χ0v) is 5.73. The minimum absolute atomic E-state index is 0. The summed E-state index contributed by atoms with van der Waals surface area (Å²) >= 11 is 7.84. The van der Waals surface area contributed by atoms with Gasteiger partial charge in [-0.25, -0.2) is 9.97 Å². The quantitative estimate of drug-likeness (QED) is 0.275. The Kier molecular flexibility index (Phi) is 13.4. The van der Waals surface area contributed by atoms with Crippen LogP contribution >= 0.6 is 25.3 Å². The second-order valence-corrected chi connectivity index (χ2v) is 2.07. The van der Waals surface area contributed by atoms with E-state index in [4.69, 9.17) is 0 Å². The molecule has 10 heavy (non-hydrogen) atoms. The van der Waals surface area contributed by atoms with Crippen molar-refractivity contribution in [1.29, 1.82) is 0 Å². The molecule has 1 rings (SSSR count). The fourth-order valence-electron chi connectivity index (χ4n) is 0.339. The van der Waals surface area contributed by atoms with Gasteiger partial charge in [0.1, 0.15) is 0 Å². The van der Waals surface area contributed by atoms with Crippen LogP contribution in [0.2, 0.25) is 0 Å². The molecule has 0 aromatic carbocycles. The Labute approximate surface area is 156 Å². The maximum absolute atomic E-state index is 3.95. The summed E-state index contributed by atoms with van der Waals surface area (Å²) in [6.45, 7) is 0. The molecule has 0 saturated carbocycles. The van der Waals surface area contributed by atoms with E-state index in [0.717, 1.165) is 0 Å². The van der Waals surface area contributed by atoms with Crippen LogP contribution in [0.1, 0.15) is 0 Å². The van der Waals surface area contributed by atoms with Gasteiger partial charge in [0.25, 0.3) is 0 Å². The van der Waals surface area contributed by atoms with Crippen molar-refractivity contribution in [1.82, 2.24) is 9.97 Å². The third kappa shape index (κ3) is 6.56. The summed E-state index contributed by atoms with van der Waals surface area (Å²) in [6, 6.07) is 1.70. The number of hydrogen-bond acceptors (Lipinski definition) is 4. The summed E-state index contributed by atoms with van der Waals surface area (Å²) in [5, 5.41) is 1.10. The molecule has 0 saturated heterocycles. The molecule has 6 heteroatoms. The van der Waals surface area contributed by atoms with Crippen molar-refractivity contribution in [2.45, 2.75) is 10.2 Å². The standard InChI is InChI=1S/C4H4N2S2.2K.2H/c7-3-1-2-5-4(8)6-3;;;;/h1-2H,(H2,5,6,7,8);;;;. The van der Waals surface area contributed by atoms with Crippen LogP contribution in [0, 0.1) is 0 Å². The Hall–Kier alpha value is 3.05. The first-order valence-corrected chi connectivity index (χ1v) is 2.89. The van der Waals surface area contributed by atoms with E-state index in [-0.39, 0.29) is 103 Å². The number of nitrogens with zero attached hydrogens (tertiary/aromatic N) is 2. The molecule has 1 aromatic heterocycles. The maximum atomic E-state index is 3.95. The van der Waals surface area contributed by atoms with E-state index < -0.39 is 0 Å². The van der Waals surface area contributed by atoms with Gasteiger partial charge >= 0.3 is 103 Å². The molecule has 0 aliphatic rings. The summed E-state index contributed by atoms with van der Waals surface area (Å²) in [5.41, 5.74) is 0. The predicted molar refractivity (Wildman–Crippen MR) is 50.8 cm³/mol. The molecular weight excluding hydrogens is 218 g/mol. The number of rotatable bonds is 0. The summed E-state index contributed by atoms with van der Waals surface area (Å²) in [5.74, 6) is 0. The summed E-state index contributed by atoms with van der Waals surface area (Å²) < 4.78 is 0. The SMILES string of the molecule is Sc1ccnc(S)n1.[KH].[KH]. The molecule has 0 fully saturated rings. The molecule has 0 spiro atoms. The van der Waals surface area contributed by atoms with Crippen LogP contribution in [0.4, 0.5) is 0 Å². The van der Waals surface area contributed by atoms with Gasteiger partial charge in [0, 0.05) is 6.20 Å². The second kappa shape index (κ2) is 8.64. The van der Waals surface area contributed by atoms with Gasteiger partial charge in [-0.05, 0) is 6.07 Å². The van der Waals surface area contributed by atoms with Gasteiger partial charge in [0.2, 0.25) is 0 Å². The zero-order chi connectivity index (χ0) is 5.98. The Bertz CT molecular complexity index is 179. The molecule has 0 bridgehead atoms. The third-order valence-electron chi connectivity index (χ3n) is 0.628. The van der Waals surface area contributed by atoms with Gasteiger partial charge < -0.3 is 0 Å². The average molecular weight is 224 g/mol. The van der Waals surface area contributed by atoms with E-state index in [0.29, 0.717) is 10.2 Å².